The van der Waals surface area contributed by atoms with Gasteiger partial charge in [-0.1, -0.05) is 6.07 Å². The van der Waals surface area contributed by atoms with Crippen LogP contribution in [0.1, 0.15) is 12.5 Å². The molecule has 1 spiro atoms. The zero-order valence-electron chi connectivity index (χ0n) is 10.3. The van der Waals surface area contributed by atoms with E-state index in [0.717, 1.165) is 32.0 Å². The highest BCUT2D eigenvalue weighted by atomic mass is 16.2. The number of carbonyl (C=O) groups excluding carboxylic acids is 1. The Labute approximate surface area is 101 Å². The molecule has 4 heteroatoms. The zero-order chi connectivity index (χ0) is 12.0. The fourth-order valence-corrected chi connectivity index (χ4v) is 2.76. The summed E-state index contributed by atoms with van der Waals surface area (Å²) in [6.45, 7) is 7.60. The van der Waals surface area contributed by atoms with Gasteiger partial charge in [-0.25, -0.2) is 4.98 Å². The van der Waals surface area contributed by atoms with Crippen molar-refractivity contribution in [1.82, 2.24) is 9.88 Å². The number of hydrogen-bond acceptors (Lipinski definition) is 3. The van der Waals surface area contributed by atoms with Gasteiger partial charge in [-0.15, -0.1) is 0 Å². The minimum absolute atomic E-state index is 0.197. The lowest BCUT2D eigenvalue weighted by Gasteiger charge is -2.60. The van der Waals surface area contributed by atoms with Crippen LogP contribution in [0.3, 0.4) is 0 Å². The number of aromatic nitrogens is 1. The molecule has 0 aliphatic carbocycles. The van der Waals surface area contributed by atoms with Gasteiger partial charge < -0.3 is 9.80 Å². The third kappa shape index (κ3) is 1.68. The van der Waals surface area contributed by atoms with Gasteiger partial charge in [0, 0.05) is 44.7 Å². The van der Waals surface area contributed by atoms with Crippen LogP contribution >= 0.6 is 0 Å². The van der Waals surface area contributed by atoms with Gasteiger partial charge in [0.05, 0.1) is 0 Å². The molecule has 0 N–H and O–H groups in total. The van der Waals surface area contributed by atoms with Gasteiger partial charge in [-0.3, -0.25) is 4.79 Å². The van der Waals surface area contributed by atoms with Crippen molar-refractivity contribution in [3.63, 3.8) is 0 Å². The van der Waals surface area contributed by atoms with E-state index in [0.29, 0.717) is 5.41 Å². The monoisotopic (exact) mass is 231 g/mol. The molecule has 0 unspecified atom stereocenters. The van der Waals surface area contributed by atoms with Crippen LogP contribution < -0.4 is 4.90 Å². The molecule has 2 aliphatic rings. The second-order valence-corrected chi connectivity index (χ2v) is 5.42. The molecular formula is C13H17N3O. The Balaban J connectivity index is 1.59. The van der Waals surface area contributed by atoms with Crippen molar-refractivity contribution in [2.75, 3.05) is 31.1 Å². The Bertz CT molecular complexity index is 440. The molecule has 17 heavy (non-hydrogen) atoms. The highest BCUT2D eigenvalue weighted by molar-refractivity contribution is 5.74. The quantitative estimate of drug-likeness (QED) is 0.725. The molecule has 1 amide bonds. The summed E-state index contributed by atoms with van der Waals surface area (Å²) >= 11 is 0. The van der Waals surface area contributed by atoms with Crippen LogP contribution in [0, 0.1) is 12.3 Å². The van der Waals surface area contributed by atoms with Crippen molar-refractivity contribution in [1.29, 1.82) is 0 Å². The van der Waals surface area contributed by atoms with Gasteiger partial charge in [0.25, 0.3) is 0 Å². The summed E-state index contributed by atoms with van der Waals surface area (Å²) in [5, 5.41) is 0. The summed E-state index contributed by atoms with van der Waals surface area (Å²) in [4.78, 5) is 19.8. The third-order valence-electron chi connectivity index (χ3n) is 3.77. The lowest BCUT2D eigenvalue weighted by molar-refractivity contribution is -0.142. The average Bonchev–Trinajstić information content (AvgIpc) is 2.15. The first kappa shape index (κ1) is 10.6. The average molecular weight is 231 g/mol. The fourth-order valence-electron chi connectivity index (χ4n) is 2.76. The van der Waals surface area contributed by atoms with Gasteiger partial charge in [-0.2, -0.15) is 0 Å². The number of pyridine rings is 1. The first-order valence-corrected chi connectivity index (χ1v) is 6.01. The predicted molar refractivity (Wildman–Crippen MR) is 65.9 cm³/mol. The molecule has 0 aromatic carbocycles. The first-order valence-electron chi connectivity index (χ1n) is 6.01. The lowest BCUT2D eigenvalue weighted by Crippen LogP contribution is -2.73. The normalized spacial score (nSPS) is 21.1. The molecule has 0 bridgehead atoms. The van der Waals surface area contributed by atoms with Crippen LogP contribution in [-0.2, 0) is 4.79 Å². The summed E-state index contributed by atoms with van der Waals surface area (Å²) in [6.07, 6.45) is 1.91. The van der Waals surface area contributed by atoms with Crippen LogP contribution in [-0.4, -0.2) is 42.0 Å². The molecule has 1 aromatic heterocycles. The standard InChI is InChI=1S/C13H17N3O/c1-10-3-4-12(14-5-10)16-8-13(9-16)6-15(7-13)11(2)17/h3-5H,6-9H2,1-2H3. The minimum Gasteiger partial charge on any atom is -0.355 e. The van der Waals surface area contributed by atoms with Gasteiger partial charge in [-0.05, 0) is 18.6 Å². The van der Waals surface area contributed by atoms with Gasteiger partial charge in [0.2, 0.25) is 5.91 Å². The summed E-state index contributed by atoms with van der Waals surface area (Å²) in [5.41, 5.74) is 1.55. The molecule has 2 fully saturated rings. The van der Waals surface area contributed by atoms with Crippen molar-refractivity contribution in [3.8, 4) is 0 Å². The van der Waals surface area contributed by atoms with E-state index < -0.39 is 0 Å². The van der Waals surface area contributed by atoms with Gasteiger partial charge in [0.1, 0.15) is 5.82 Å². The van der Waals surface area contributed by atoms with Gasteiger partial charge >= 0.3 is 0 Å². The molecule has 0 radical (unpaired) electrons. The molecule has 2 aliphatic heterocycles. The second-order valence-electron chi connectivity index (χ2n) is 5.42. The molecule has 0 atom stereocenters. The lowest BCUT2D eigenvalue weighted by atomic mass is 9.73. The molecule has 0 saturated carbocycles. The summed E-state index contributed by atoms with van der Waals surface area (Å²) in [6, 6.07) is 4.17. The Hall–Kier alpha value is -1.58. The number of amides is 1. The molecule has 4 nitrogen and oxygen atoms in total. The highest BCUT2D eigenvalue weighted by Gasteiger charge is 2.52. The van der Waals surface area contributed by atoms with Crippen molar-refractivity contribution < 1.29 is 4.79 Å². The summed E-state index contributed by atoms with van der Waals surface area (Å²) < 4.78 is 0. The van der Waals surface area contributed by atoms with E-state index in [1.54, 1.807) is 6.92 Å². The van der Waals surface area contributed by atoms with E-state index in [9.17, 15) is 4.79 Å². The Morgan fingerprint density at radius 3 is 2.53 bits per heavy atom. The van der Waals surface area contributed by atoms with Crippen LogP contribution in [0.5, 0.6) is 0 Å². The maximum atomic E-state index is 11.1. The third-order valence-corrected chi connectivity index (χ3v) is 3.77. The smallest absolute Gasteiger partial charge is 0.219 e. The Kier molecular flexibility index (Phi) is 2.15. The maximum absolute atomic E-state index is 11.1. The van der Waals surface area contributed by atoms with Crippen LogP contribution in [0.4, 0.5) is 5.82 Å². The molecular weight excluding hydrogens is 214 g/mol. The van der Waals surface area contributed by atoms with E-state index >= 15 is 0 Å². The molecule has 2 saturated heterocycles. The van der Waals surface area contributed by atoms with Crippen molar-refractivity contribution in [2.45, 2.75) is 13.8 Å². The van der Waals surface area contributed by atoms with E-state index in [1.165, 1.54) is 5.56 Å². The topological polar surface area (TPSA) is 36.4 Å². The summed E-state index contributed by atoms with van der Waals surface area (Å²) in [5.74, 6) is 1.25. The predicted octanol–water partition coefficient (Wildman–Crippen LogP) is 1.06. The largest absolute Gasteiger partial charge is 0.355 e. The molecule has 3 heterocycles. The van der Waals surface area contributed by atoms with Crippen molar-refractivity contribution >= 4 is 11.7 Å². The number of rotatable bonds is 1. The van der Waals surface area contributed by atoms with Gasteiger partial charge in [0.15, 0.2) is 0 Å². The van der Waals surface area contributed by atoms with E-state index in [4.69, 9.17) is 0 Å². The number of anilines is 1. The van der Waals surface area contributed by atoms with E-state index in [1.807, 2.05) is 18.0 Å². The molecule has 3 rings (SSSR count). The molecule has 90 valence electrons. The summed E-state index contributed by atoms with van der Waals surface area (Å²) in [7, 11) is 0. The number of aryl methyl sites for hydroxylation is 1. The molecule has 1 aromatic rings. The number of nitrogens with zero attached hydrogens (tertiary/aromatic N) is 3. The zero-order valence-corrected chi connectivity index (χ0v) is 10.3. The number of hydrogen-bond donors (Lipinski definition) is 0. The number of carbonyl (C=O) groups is 1. The highest BCUT2D eigenvalue weighted by Crippen LogP contribution is 2.41. The van der Waals surface area contributed by atoms with Crippen molar-refractivity contribution in [3.05, 3.63) is 23.9 Å². The van der Waals surface area contributed by atoms with E-state index in [-0.39, 0.29) is 5.91 Å². The SMILES string of the molecule is CC(=O)N1CC2(C1)CN(c1ccc(C)cn1)C2. The van der Waals surface area contributed by atoms with Crippen molar-refractivity contribution in [2.24, 2.45) is 5.41 Å². The van der Waals surface area contributed by atoms with Crippen LogP contribution in [0.2, 0.25) is 0 Å². The maximum Gasteiger partial charge on any atom is 0.219 e. The van der Waals surface area contributed by atoms with Crippen LogP contribution in [0.25, 0.3) is 0 Å². The Morgan fingerprint density at radius 2 is 2.00 bits per heavy atom. The Morgan fingerprint density at radius 1 is 1.29 bits per heavy atom. The minimum atomic E-state index is 0.197. The first-order chi connectivity index (χ1) is 8.08. The fraction of sp³-hybridized carbons (Fsp3) is 0.538. The van der Waals surface area contributed by atoms with E-state index in [2.05, 4.69) is 22.0 Å². The number of likely N-dealkylation sites (tertiary alicyclic amines) is 1. The second kappa shape index (κ2) is 3.45. The van der Waals surface area contributed by atoms with Crippen LogP contribution in [0.15, 0.2) is 18.3 Å².